The van der Waals surface area contributed by atoms with E-state index in [0.29, 0.717) is 0 Å². The van der Waals surface area contributed by atoms with Gasteiger partial charge in [-0.05, 0) is 159 Å². The summed E-state index contributed by atoms with van der Waals surface area (Å²) in [5, 5.41) is 25.7. The van der Waals surface area contributed by atoms with Crippen molar-refractivity contribution in [1.82, 2.24) is 30.4 Å². The normalized spacial score (nSPS) is 10.7. The van der Waals surface area contributed by atoms with Gasteiger partial charge in [-0.2, -0.15) is 10.2 Å². The monoisotopic (exact) mass is 1470 g/mol. The third-order valence-corrected chi connectivity index (χ3v) is 25.7. The molecule has 4 heterocycles. The Bertz CT molecular complexity index is 3190. The van der Waals surface area contributed by atoms with Crippen molar-refractivity contribution in [3.05, 3.63) is 316 Å². The van der Waals surface area contributed by atoms with Gasteiger partial charge in [0.15, 0.2) is 0 Å². The summed E-state index contributed by atoms with van der Waals surface area (Å²) in [4.78, 5) is 8.28. The smallest absolute Gasteiger partial charge is 0.285 e. The number of nitrogens with one attached hydrogen (secondary N) is 2. The Labute approximate surface area is 581 Å². The van der Waals surface area contributed by atoms with Crippen molar-refractivity contribution >= 4 is 74.1 Å². The molecule has 492 valence electrons. The zero-order valence-corrected chi connectivity index (χ0v) is 58.5. The molecule has 0 aliphatic rings. The number of aromatic nitrogens is 6. The minimum Gasteiger partial charge on any atom is -0.285 e. The third-order valence-electron chi connectivity index (χ3n) is 14.0. The first-order valence-corrected chi connectivity index (χ1v) is 39.0. The van der Waals surface area contributed by atoms with Gasteiger partial charge in [0.2, 0.25) is 0 Å². The molecular formula is C72H74Cl2Cu2N6O8P4+4. The summed E-state index contributed by atoms with van der Waals surface area (Å²) in [7, 11) is -12.7. The van der Waals surface area contributed by atoms with Crippen molar-refractivity contribution in [2.45, 2.75) is 25.7 Å². The number of pyridine rings is 2. The standard InChI is InChI=1S/2C28H28P2.2C8H7N3.2ClHO4.2Cu/c2*1-5-15-25(16-6-1)29(26-17-7-2-8-18-26)23-13-14-24-30(27-19-9-3-10-20-27)28-21-11-4-12-22-28;2*1-2-5-9-7(3-1)8-4-6-10-11-8;2*2-1(3,4)5;;/h2*1-12,15-22H,13-14,23-24H2;2*1-6H,(H,10,11);2*(H,2,3,4,5);;/q;;;;;;2*+1/p+2. The Hall–Kier alpha value is -6.50. The molecule has 0 spiro atoms. The average Bonchev–Trinajstić information content (AvgIpc) is 1.35. The van der Waals surface area contributed by atoms with Crippen LogP contribution in [0.3, 0.4) is 0 Å². The molecule has 22 heteroatoms. The molecule has 0 saturated heterocycles. The van der Waals surface area contributed by atoms with Crippen LogP contribution in [0.4, 0.5) is 0 Å². The van der Waals surface area contributed by atoms with Gasteiger partial charge in [-0.25, -0.2) is 37.3 Å². The Morgan fingerprint density at radius 2 is 0.426 bits per heavy atom. The summed E-state index contributed by atoms with van der Waals surface area (Å²) < 4.78 is 67.9. The number of unbranched alkanes of at least 4 members (excludes halogenated alkanes) is 2. The molecule has 0 bridgehead atoms. The van der Waals surface area contributed by atoms with Crippen molar-refractivity contribution < 1.29 is 91.9 Å². The number of rotatable bonds is 20. The third kappa shape index (κ3) is 30.5. The maximum atomic E-state index is 8.49. The van der Waals surface area contributed by atoms with Crippen molar-refractivity contribution in [2.24, 2.45) is 0 Å². The van der Waals surface area contributed by atoms with Crippen LogP contribution in [-0.2, 0) is 34.1 Å². The maximum absolute atomic E-state index is 8.49. The van der Waals surface area contributed by atoms with Crippen LogP contribution in [0.2, 0.25) is 0 Å². The van der Waals surface area contributed by atoms with Gasteiger partial charge in [0, 0.05) is 24.8 Å². The van der Waals surface area contributed by atoms with Crippen LogP contribution in [0.15, 0.2) is 316 Å². The molecule has 2 N–H and O–H groups in total. The first-order chi connectivity index (χ1) is 44.8. The molecule has 4 aromatic heterocycles. The SMILES string of the molecule is [Cu+].[Cu+].[O-][Cl+3]([O-])([O-])[O-].[O-][Cl+3]([O-])([O-])[O-].c1ccc(-c2cc[nH]n2)nc1.c1ccc(-c2cc[nH]n2)nc1.c1ccc([PH+](CCCC[PH+](c2ccccc2)c2ccccc2)c2ccccc2)cc1.c1ccc([PH+](CCCC[PH+](c2ccccc2)c2ccccc2)c2ccccc2)cc1. The molecule has 0 unspecified atom stereocenters. The molecule has 0 saturated carbocycles. The van der Waals surface area contributed by atoms with Gasteiger partial charge in [0.1, 0.15) is 11.4 Å². The van der Waals surface area contributed by atoms with Gasteiger partial charge in [0.05, 0.1) is 110 Å². The second-order valence-corrected chi connectivity index (χ2v) is 32.3. The number of aromatic amines is 2. The topological polar surface area (TPSA) is 268 Å². The second-order valence-electron chi connectivity index (χ2n) is 20.4. The summed E-state index contributed by atoms with van der Waals surface area (Å²) in [6.45, 7) is 0. The fourth-order valence-corrected chi connectivity index (χ4v) is 20.8. The minimum absolute atomic E-state index is 0. The molecule has 0 atom stereocenters. The Morgan fingerprint density at radius 1 is 0.245 bits per heavy atom. The second kappa shape index (κ2) is 44.3. The van der Waals surface area contributed by atoms with Gasteiger partial charge in [-0.1, -0.05) is 158 Å². The number of benzene rings is 8. The van der Waals surface area contributed by atoms with Crippen LogP contribution in [0, 0.1) is 20.5 Å². The van der Waals surface area contributed by atoms with E-state index in [2.05, 4.69) is 273 Å². The van der Waals surface area contributed by atoms with Crippen molar-refractivity contribution in [1.29, 1.82) is 0 Å². The largest absolute Gasteiger partial charge is 1.00 e. The van der Waals surface area contributed by atoms with E-state index < -0.39 is 52.2 Å². The summed E-state index contributed by atoms with van der Waals surface area (Å²) in [6.07, 6.45) is 17.5. The number of hydrogen-bond acceptors (Lipinski definition) is 12. The van der Waals surface area contributed by atoms with Crippen molar-refractivity contribution in [2.75, 3.05) is 24.6 Å². The molecule has 12 rings (SSSR count). The predicted octanol–water partition coefficient (Wildman–Crippen LogP) is 4.42. The van der Waals surface area contributed by atoms with Gasteiger partial charge in [-0.15, -0.1) is 20.5 Å². The molecule has 94 heavy (non-hydrogen) atoms. The van der Waals surface area contributed by atoms with Crippen LogP contribution < -0.4 is 79.7 Å². The molecule has 8 aromatic carbocycles. The predicted molar refractivity (Wildman–Crippen MR) is 363 cm³/mol. The van der Waals surface area contributed by atoms with E-state index in [0.717, 1.165) is 22.8 Å². The summed E-state index contributed by atoms with van der Waals surface area (Å²) in [5.41, 5.74) is 3.55. The van der Waals surface area contributed by atoms with Gasteiger partial charge in [0.25, 0.3) is 0 Å². The molecule has 0 radical (unpaired) electrons. The first-order valence-electron chi connectivity index (χ1n) is 29.7. The van der Waals surface area contributed by atoms with Crippen LogP contribution in [0.25, 0.3) is 22.8 Å². The molecule has 12 aromatic rings. The fourth-order valence-electron chi connectivity index (χ4n) is 9.98. The zero-order chi connectivity index (χ0) is 64.9. The molecular weight excluding hydrogens is 1400 g/mol. The van der Waals surface area contributed by atoms with E-state index >= 15 is 0 Å². The van der Waals surface area contributed by atoms with Crippen LogP contribution in [0.5, 0.6) is 0 Å². The van der Waals surface area contributed by atoms with E-state index in [1.165, 1.54) is 92.8 Å². The van der Waals surface area contributed by atoms with Gasteiger partial charge >= 0.3 is 34.1 Å². The summed E-state index contributed by atoms with van der Waals surface area (Å²) in [6, 6.07) is 105. The molecule has 0 aliphatic carbocycles. The average molecular weight is 1470 g/mol. The van der Waals surface area contributed by atoms with Gasteiger partial charge in [-0.3, -0.25) is 20.2 Å². The Balaban J connectivity index is 0.000000230. The molecule has 0 amide bonds. The Kier molecular flexibility index (Phi) is 36.8. The number of H-pyrrole nitrogens is 2. The van der Waals surface area contributed by atoms with Crippen LogP contribution >= 0.6 is 31.7 Å². The quantitative estimate of drug-likeness (QED) is 0.0610. The molecule has 0 aliphatic heterocycles. The number of hydrogen-bond donors (Lipinski definition) is 2. The molecule has 14 nitrogen and oxygen atoms in total. The van der Waals surface area contributed by atoms with Crippen molar-refractivity contribution in [3.8, 4) is 22.8 Å². The van der Waals surface area contributed by atoms with Crippen molar-refractivity contribution in [3.63, 3.8) is 0 Å². The van der Waals surface area contributed by atoms with E-state index in [1.54, 1.807) is 24.8 Å². The van der Waals surface area contributed by atoms with Crippen LogP contribution in [-0.4, -0.2) is 55.0 Å². The first kappa shape index (κ1) is 78.2. The van der Waals surface area contributed by atoms with E-state index in [1.807, 2.05) is 48.5 Å². The fraction of sp³-hybridized carbons (Fsp3) is 0.111. The van der Waals surface area contributed by atoms with E-state index in [4.69, 9.17) is 37.3 Å². The van der Waals surface area contributed by atoms with E-state index in [-0.39, 0.29) is 34.1 Å². The Morgan fingerprint density at radius 3 is 0.574 bits per heavy atom. The number of halogens is 2. The summed E-state index contributed by atoms with van der Waals surface area (Å²) in [5.74, 6) is 0. The minimum atomic E-state index is -4.94. The number of nitrogens with zero attached hydrogens (tertiary/aromatic N) is 4. The molecule has 0 fully saturated rings. The zero-order valence-electron chi connectivity index (χ0n) is 51.1. The van der Waals surface area contributed by atoms with Gasteiger partial charge < -0.3 is 0 Å². The summed E-state index contributed by atoms with van der Waals surface area (Å²) >= 11 is 0. The maximum Gasteiger partial charge on any atom is 1.00 e. The van der Waals surface area contributed by atoms with E-state index in [9.17, 15) is 0 Å². The van der Waals surface area contributed by atoms with Crippen LogP contribution in [0.1, 0.15) is 25.7 Å².